The number of aliphatic hydroxyl groups is 2. The Balaban J connectivity index is 2.47. The van der Waals surface area contributed by atoms with E-state index in [1.807, 2.05) is 0 Å². The van der Waals surface area contributed by atoms with Crippen LogP contribution in [0, 0.1) is 0 Å². The zero-order chi connectivity index (χ0) is 9.03. The van der Waals surface area contributed by atoms with Gasteiger partial charge in [0, 0.05) is 6.61 Å². The molecule has 1 aliphatic heterocycles. The van der Waals surface area contributed by atoms with E-state index < -0.39 is 12.1 Å². The highest BCUT2D eigenvalue weighted by Crippen LogP contribution is 2.24. The molecule has 12 heavy (non-hydrogen) atoms. The van der Waals surface area contributed by atoms with Gasteiger partial charge in [-0.2, -0.15) is 0 Å². The minimum absolute atomic E-state index is 0.130. The smallest absolute Gasteiger partial charge is 0.308 e. The second-order valence-corrected chi connectivity index (χ2v) is 2.51. The Labute approximate surface area is 70.9 Å². The first-order valence-electron chi connectivity index (χ1n) is 3.94. The average Bonchev–Trinajstić information content (AvgIpc) is 2.50. The van der Waals surface area contributed by atoms with Crippen LogP contribution in [0.25, 0.3) is 0 Å². The lowest BCUT2D eigenvalue weighted by atomic mass is 10.4. The van der Waals surface area contributed by atoms with Crippen molar-refractivity contribution in [3.05, 3.63) is 0 Å². The second kappa shape index (κ2) is 4.15. The van der Waals surface area contributed by atoms with Crippen LogP contribution in [0.15, 0.2) is 0 Å². The van der Waals surface area contributed by atoms with E-state index in [1.165, 1.54) is 0 Å². The Morgan fingerprint density at radius 3 is 2.75 bits per heavy atom. The van der Waals surface area contributed by atoms with Gasteiger partial charge in [0.15, 0.2) is 0 Å². The van der Waals surface area contributed by atoms with Crippen LogP contribution in [-0.4, -0.2) is 48.7 Å². The maximum atomic E-state index is 8.90. The highest BCUT2D eigenvalue weighted by Gasteiger charge is 2.42. The molecular weight excluding hydrogens is 164 g/mol. The molecule has 0 bridgehead atoms. The van der Waals surface area contributed by atoms with Crippen molar-refractivity contribution < 1.29 is 24.4 Å². The molecule has 1 rings (SSSR count). The standard InChI is InChI=1S/C7H14O5/c1-2-10-7(5-9)11-4-6(3-8)12-7/h6,8-9H,2-5H2,1H3/t6?,7-/m0/s1. The molecule has 1 aliphatic rings. The summed E-state index contributed by atoms with van der Waals surface area (Å²) in [4.78, 5) is 0. The number of hydrogen-bond acceptors (Lipinski definition) is 5. The molecule has 0 aliphatic carbocycles. The first-order valence-corrected chi connectivity index (χ1v) is 3.94. The molecular formula is C7H14O5. The van der Waals surface area contributed by atoms with Crippen molar-refractivity contribution in [3.63, 3.8) is 0 Å². The molecule has 0 radical (unpaired) electrons. The molecule has 0 aromatic heterocycles. The fourth-order valence-corrected chi connectivity index (χ4v) is 1.06. The lowest BCUT2D eigenvalue weighted by Gasteiger charge is -2.24. The number of rotatable bonds is 4. The maximum absolute atomic E-state index is 8.90. The van der Waals surface area contributed by atoms with Crippen LogP contribution < -0.4 is 0 Å². The van der Waals surface area contributed by atoms with Gasteiger partial charge in [-0.05, 0) is 6.92 Å². The first-order chi connectivity index (χ1) is 5.76. The van der Waals surface area contributed by atoms with Crippen LogP contribution in [0.1, 0.15) is 6.92 Å². The van der Waals surface area contributed by atoms with Crippen molar-refractivity contribution in [1.29, 1.82) is 0 Å². The number of hydrogen-bond donors (Lipinski definition) is 2. The van der Waals surface area contributed by atoms with Crippen LogP contribution in [0.4, 0.5) is 0 Å². The van der Waals surface area contributed by atoms with Crippen molar-refractivity contribution in [2.75, 3.05) is 26.4 Å². The molecule has 72 valence electrons. The molecule has 2 N–H and O–H groups in total. The van der Waals surface area contributed by atoms with E-state index in [-0.39, 0.29) is 19.8 Å². The average molecular weight is 178 g/mol. The summed E-state index contributed by atoms with van der Waals surface area (Å²) in [6, 6.07) is 0. The predicted octanol–water partition coefficient (Wildman–Crippen LogP) is -0.923. The van der Waals surface area contributed by atoms with Gasteiger partial charge in [0.1, 0.15) is 12.7 Å². The van der Waals surface area contributed by atoms with E-state index in [0.29, 0.717) is 6.61 Å². The van der Waals surface area contributed by atoms with Gasteiger partial charge in [0.05, 0.1) is 13.2 Å². The van der Waals surface area contributed by atoms with Gasteiger partial charge in [0.2, 0.25) is 0 Å². The van der Waals surface area contributed by atoms with E-state index in [1.54, 1.807) is 6.92 Å². The highest BCUT2D eigenvalue weighted by atomic mass is 16.9. The molecule has 1 saturated heterocycles. The summed E-state index contributed by atoms with van der Waals surface area (Å²) in [6.07, 6.45) is -0.399. The molecule has 1 unspecified atom stereocenters. The van der Waals surface area contributed by atoms with Gasteiger partial charge in [0.25, 0.3) is 0 Å². The quantitative estimate of drug-likeness (QED) is 0.582. The summed E-state index contributed by atoms with van der Waals surface area (Å²) in [7, 11) is 0. The summed E-state index contributed by atoms with van der Waals surface area (Å²) in [5.41, 5.74) is 0. The van der Waals surface area contributed by atoms with Gasteiger partial charge < -0.3 is 24.4 Å². The third kappa shape index (κ3) is 1.94. The Hall–Kier alpha value is -0.200. The molecule has 1 heterocycles. The fourth-order valence-electron chi connectivity index (χ4n) is 1.06. The predicted molar refractivity (Wildman–Crippen MR) is 39.4 cm³/mol. The Morgan fingerprint density at radius 2 is 2.33 bits per heavy atom. The third-order valence-electron chi connectivity index (χ3n) is 1.60. The summed E-state index contributed by atoms with van der Waals surface area (Å²) >= 11 is 0. The second-order valence-electron chi connectivity index (χ2n) is 2.51. The monoisotopic (exact) mass is 178 g/mol. The van der Waals surface area contributed by atoms with Crippen LogP contribution in [0.3, 0.4) is 0 Å². The molecule has 0 spiro atoms. The van der Waals surface area contributed by atoms with Gasteiger partial charge in [-0.1, -0.05) is 0 Å². The van der Waals surface area contributed by atoms with E-state index in [0.717, 1.165) is 0 Å². The van der Waals surface area contributed by atoms with E-state index in [4.69, 9.17) is 24.4 Å². The molecule has 1 fully saturated rings. The molecule has 0 amide bonds. The largest absolute Gasteiger partial charge is 0.394 e. The van der Waals surface area contributed by atoms with Gasteiger partial charge in [-0.25, -0.2) is 0 Å². The molecule has 5 heteroatoms. The van der Waals surface area contributed by atoms with E-state index in [9.17, 15) is 0 Å². The van der Waals surface area contributed by atoms with E-state index in [2.05, 4.69) is 0 Å². The van der Waals surface area contributed by atoms with Crippen molar-refractivity contribution in [3.8, 4) is 0 Å². The summed E-state index contributed by atoms with van der Waals surface area (Å²) in [5, 5.41) is 17.6. The maximum Gasteiger partial charge on any atom is 0.308 e. The van der Waals surface area contributed by atoms with Crippen LogP contribution >= 0.6 is 0 Å². The van der Waals surface area contributed by atoms with Crippen LogP contribution in [-0.2, 0) is 14.2 Å². The summed E-state index contributed by atoms with van der Waals surface area (Å²) in [5.74, 6) is -1.35. The fraction of sp³-hybridized carbons (Fsp3) is 1.00. The molecule has 0 saturated carbocycles. The third-order valence-corrected chi connectivity index (χ3v) is 1.60. The molecule has 0 aromatic rings. The molecule has 0 aromatic carbocycles. The lowest BCUT2D eigenvalue weighted by Crippen LogP contribution is -2.39. The highest BCUT2D eigenvalue weighted by molar-refractivity contribution is 4.69. The molecule has 2 atom stereocenters. The van der Waals surface area contributed by atoms with Crippen molar-refractivity contribution in [2.45, 2.75) is 19.0 Å². The topological polar surface area (TPSA) is 68.2 Å². The Kier molecular flexibility index (Phi) is 3.42. The van der Waals surface area contributed by atoms with Crippen molar-refractivity contribution in [2.24, 2.45) is 0 Å². The van der Waals surface area contributed by atoms with Crippen LogP contribution in [0.2, 0.25) is 0 Å². The minimum atomic E-state index is -1.35. The van der Waals surface area contributed by atoms with Crippen molar-refractivity contribution >= 4 is 0 Å². The SMILES string of the molecule is CCO[C@@]1(CO)OCC(CO)O1. The molecule has 5 nitrogen and oxygen atoms in total. The summed E-state index contributed by atoms with van der Waals surface area (Å²) in [6.45, 7) is 1.92. The van der Waals surface area contributed by atoms with E-state index >= 15 is 0 Å². The normalized spacial score (nSPS) is 35.8. The minimum Gasteiger partial charge on any atom is -0.394 e. The van der Waals surface area contributed by atoms with Crippen LogP contribution in [0.5, 0.6) is 0 Å². The Bertz CT molecular complexity index is 140. The van der Waals surface area contributed by atoms with Gasteiger partial charge in [-0.3, -0.25) is 0 Å². The number of ether oxygens (including phenoxy) is 3. The van der Waals surface area contributed by atoms with Crippen molar-refractivity contribution in [1.82, 2.24) is 0 Å². The first kappa shape index (κ1) is 9.88. The summed E-state index contributed by atoms with van der Waals surface area (Å²) < 4.78 is 15.3. The lowest BCUT2D eigenvalue weighted by molar-refractivity contribution is -0.349. The van der Waals surface area contributed by atoms with Gasteiger partial charge >= 0.3 is 5.97 Å². The zero-order valence-corrected chi connectivity index (χ0v) is 7.02. The zero-order valence-electron chi connectivity index (χ0n) is 7.02. The van der Waals surface area contributed by atoms with Gasteiger partial charge in [-0.15, -0.1) is 0 Å². The number of aliphatic hydroxyl groups excluding tert-OH is 2. The Morgan fingerprint density at radius 1 is 1.58 bits per heavy atom.